The Morgan fingerprint density at radius 1 is 0.793 bits per heavy atom. The first kappa shape index (κ1) is 19.4. The van der Waals surface area contributed by atoms with Crippen LogP contribution in [0.3, 0.4) is 0 Å². The van der Waals surface area contributed by atoms with Crippen molar-refractivity contribution in [3.05, 3.63) is 95.1 Å². The molecule has 0 N–H and O–H groups in total. The van der Waals surface area contributed by atoms with Gasteiger partial charge >= 0.3 is 0 Å². The van der Waals surface area contributed by atoms with Gasteiger partial charge in [0, 0.05) is 32.7 Å². The summed E-state index contributed by atoms with van der Waals surface area (Å²) >= 11 is 0. The Morgan fingerprint density at radius 2 is 1.48 bits per heavy atom. The molecule has 0 aromatic heterocycles. The van der Waals surface area contributed by atoms with E-state index >= 15 is 0 Å². The zero-order valence-corrected chi connectivity index (χ0v) is 17.4. The maximum absolute atomic E-state index is 4.71. The van der Waals surface area contributed by atoms with Crippen LogP contribution in [0.5, 0.6) is 0 Å². The Balaban J connectivity index is 1.29. The number of benzene rings is 3. The topological polar surface area (TPSA) is 18.8 Å². The van der Waals surface area contributed by atoms with Gasteiger partial charge in [-0.05, 0) is 41.7 Å². The monoisotopic (exact) mass is 383 g/mol. The van der Waals surface area contributed by atoms with Crippen molar-refractivity contribution < 1.29 is 0 Å². The molecule has 3 nitrogen and oxygen atoms in total. The van der Waals surface area contributed by atoms with Gasteiger partial charge in [0.05, 0.1) is 6.21 Å². The molecule has 3 heteroatoms. The quantitative estimate of drug-likeness (QED) is 0.569. The molecule has 0 bridgehead atoms. The summed E-state index contributed by atoms with van der Waals surface area (Å²) in [4.78, 5) is 2.53. The second-order valence-electron chi connectivity index (χ2n) is 7.89. The van der Waals surface area contributed by atoms with E-state index in [1.54, 1.807) is 0 Å². The van der Waals surface area contributed by atoms with Gasteiger partial charge in [-0.15, -0.1) is 0 Å². The molecule has 1 heterocycles. The van der Waals surface area contributed by atoms with Crippen LogP contribution < -0.4 is 0 Å². The van der Waals surface area contributed by atoms with Gasteiger partial charge in [0.2, 0.25) is 0 Å². The highest BCUT2D eigenvalue weighted by atomic mass is 15.5. The molecular formula is C26H29N3. The zero-order chi connectivity index (χ0) is 20.1. The van der Waals surface area contributed by atoms with Crippen LogP contribution in [0.4, 0.5) is 0 Å². The molecule has 0 unspecified atom stereocenters. The van der Waals surface area contributed by atoms with Crippen molar-refractivity contribution >= 4 is 6.21 Å². The predicted molar refractivity (Wildman–Crippen MR) is 122 cm³/mol. The average Bonchev–Trinajstić information content (AvgIpc) is 2.76. The second-order valence-corrected chi connectivity index (χ2v) is 7.89. The number of piperazine rings is 1. The molecule has 1 fully saturated rings. The minimum Gasteiger partial charge on any atom is -0.295 e. The fourth-order valence-corrected chi connectivity index (χ4v) is 3.82. The van der Waals surface area contributed by atoms with Crippen molar-refractivity contribution in [3.8, 4) is 11.1 Å². The lowest BCUT2D eigenvalue weighted by molar-refractivity contribution is 0.131. The summed E-state index contributed by atoms with van der Waals surface area (Å²) < 4.78 is 0. The number of hydrogen-bond acceptors (Lipinski definition) is 3. The van der Waals surface area contributed by atoms with Gasteiger partial charge in [0.1, 0.15) is 0 Å². The third-order valence-electron chi connectivity index (χ3n) is 5.63. The van der Waals surface area contributed by atoms with E-state index in [1.165, 1.54) is 27.8 Å². The fourth-order valence-electron chi connectivity index (χ4n) is 3.82. The standard InChI is InChI=1S/C26H29N3/c1-21-8-11-26(22(2)18-21)20-28-14-16-29(17-15-28)27-19-23-9-12-25(13-10-23)24-6-4-3-5-7-24/h3-13,18-19H,14-17,20H2,1-2H3. The predicted octanol–water partition coefficient (Wildman–Crippen LogP) is 5.12. The van der Waals surface area contributed by atoms with Crippen molar-refractivity contribution in [1.29, 1.82) is 0 Å². The number of aryl methyl sites for hydroxylation is 2. The second kappa shape index (κ2) is 9.06. The van der Waals surface area contributed by atoms with Crippen molar-refractivity contribution in [2.75, 3.05) is 26.2 Å². The first-order chi connectivity index (χ1) is 14.2. The summed E-state index contributed by atoms with van der Waals surface area (Å²) in [5, 5.41) is 6.89. The molecule has 29 heavy (non-hydrogen) atoms. The van der Waals surface area contributed by atoms with Crippen LogP contribution in [0, 0.1) is 13.8 Å². The Hall–Kier alpha value is -2.91. The summed E-state index contributed by atoms with van der Waals surface area (Å²) in [6.45, 7) is 9.46. The minimum atomic E-state index is 0.976. The molecule has 0 radical (unpaired) electrons. The average molecular weight is 384 g/mol. The molecule has 148 valence electrons. The lowest BCUT2D eigenvalue weighted by Gasteiger charge is -2.33. The first-order valence-electron chi connectivity index (χ1n) is 10.4. The molecule has 1 saturated heterocycles. The van der Waals surface area contributed by atoms with Gasteiger partial charge in [-0.25, -0.2) is 0 Å². The van der Waals surface area contributed by atoms with E-state index in [2.05, 4.69) is 90.5 Å². The normalized spacial score (nSPS) is 15.2. The van der Waals surface area contributed by atoms with Crippen molar-refractivity contribution in [1.82, 2.24) is 9.91 Å². The van der Waals surface area contributed by atoms with E-state index in [0.29, 0.717) is 0 Å². The summed E-state index contributed by atoms with van der Waals surface area (Å²) in [6.07, 6.45) is 1.98. The van der Waals surface area contributed by atoms with Crippen molar-refractivity contribution in [3.63, 3.8) is 0 Å². The Kier molecular flexibility index (Phi) is 6.06. The summed E-state index contributed by atoms with van der Waals surface area (Å²) in [5.41, 5.74) is 7.79. The van der Waals surface area contributed by atoms with Gasteiger partial charge in [-0.3, -0.25) is 9.91 Å². The van der Waals surface area contributed by atoms with Gasteiger partial charge in [-0.2, -0.15) is 5.10 Å². The van der Waals surface area contributed by atoms with Crippen LogP contribution in [0.15, 0.2) is 77.9 Å². The van der Waals surface area contributed by atoms with E-state index in [0.717, 1.165) is 38.3 Å². The Morgan fingerprint density at radius 3 is 2.17 bits per heavy atom. The molecule has 3 aromatic carbocycles. The summed E-state index contributed by atoms with van der Waals surface area (Å²) in [7, 11) is 0. The molecule has 1 aliphatic rings. The fraction of sp³-hybridized carbons (Fsp3) is 0.269. The SMILES string of the molecule is Cc1ccc(CN2CCN(N=Cc3ccc(-c4ccccc4)cc3)CC2)c(C)c1. The van der Waals surface area contributed by atoms with E-state index < -0.39 is 0 Å². The molecule has 0 atom stereocenters. The zero-order valence-electron chi connectivity index (χ0n) is 17.4. The molecule has 3 aromatic rings. The van der Waals surface area contributed by atoms with Crippen molar-refractivity contribution in [2.45, 2.75) is 20.4 Å². The molecular weight excluding hydrogens is 354 g/mol. The van der Waals surface area contributed by atoms with E-state index in [4.69, 9.17) is 5.10 Å². The van der Waals surface area contributed by atoms with Crippen LogP contribution in [-0.2, 0) is 6.54 Å². The number of hydrazone groups is 1. The molecule has 0 aliphatic carbocycles. The van der Waals surface area contributed by atoms with Gasteiger partial charge in [0.25, 0.3) is 0 Å². The Bertz CT molecular complexity index is 953. The third-order valence-corrected chi connectivity index (χ3v) is 5.63. The maximum atomic E-state index is 4.71. The third kappa shape index (κ3) is 5.12. The number of rotatable bonds is 5. The summed E-state index contributed by atoms with van der Waals surface area (Å²) in [5.74, 6) is 0. The smallest absolute Gasteiger partial charge is 0.0542 e. The van der Waals surface area contributed by atoms with Gasteiger partial charge < -0.3 is 0 Å². The van der Waals surface area contributed by atoms with Crippen molar-refractivity contribution in [2.24, 2.45) is 5.10 Å². The van der Waals surface area contributed by atoms with E-state index in [9.17, 15) is 0 Å². The highest BCUT2D eigenvalue weighted by Gasteiger charge is 2.16. The van der Waals surface area contributed by atoms with Crippen LogP contribution in [-0.4, -0.2) is 42.3 Å². The molecule has 0 spiro atoms. The van der Waals surface area contributed by atoms with E-state index in [-0.39, 0.29) is 0 Å². The van der Waals surface area contributed by atoms with Crippen LogP contribution in [0.1, 0.15) is 22.3 Å². The van der Waals surface area contributed by atoms with Gasteiger partial charge in [-0.1, -0.05) is 78.4 Å². The van der Waals surface area contributed by atoms with E-state index in [1.807, 2.05) is 12.3 Å². The lowest BCUT2D eigenvalue weighted by atomic mass is 10.0. The molecule has 4 rings (SSSR count). The van der Waals surface area contributed by atoms with Crippen LogP contribution in [0.25, 0.3) is 11.1 Å². The highest BCUT2D eigenvalue weighted by molar-refractivity contribution is 5.80. The summed E-state index contributed by atoms with van der Waals surface area (Å²) in [6, 6.07) is 25.9. The molecule has 0 amide bonds. The highest BCUT2D eigenvalue weighted by Crippen LogP contribution is 2.19. The minimum absolute atomic E-state index is 0.976. The number of nitrogens with zero attached hydrogens (tertiary/aromatic N) is 3. The lowest BCUT2D eigenvalue weighted by Crippen LogP contribution is -2.43. The maximum Gasteiger partial charge on any atom is 0.0542 e. The van der Waals surface area contributed by atoms with Gasteiger partial charge in [0.15, 0.2) is 0 Å². The Labute approximate surface area is 174 Å². The largest absolute Gasteiger partial charge is 0.295 e. The molecule has 1 aliphatic heterocycles. The first-order valence-corrected chi connectivity index (χ1v) is 10.4. The molecule has 0 saturated carbocycles. The number of hydrogen-bond donors (Lipinski definition) is 0. The van der Waals surface area contributed by atoms with Crippen LogP contribution >= 0.6 is 0 Å². The van der Waals surface area contributed by atoms with Crippen LogP contribution in [0.2, 0.25) is 0 Å².